The molecule has 0 aliphatic carbocycles. The number of rotatable bonds is 5. The van der Waals surface area contributed by atoms with E-state index < -0.39 is 5.97 Å². The number of amides is 2. The summed E-state index contributed by atoms with van der Waals surface area (Å²) in [5.74, 6) is -0.850. The lowest BCUT2D eigenvalue weighted by molar-refractivity contribution is -0.137. The van der Waals surface area contributed by atoms with E-state index in [2.05, 4.69) is 6.92 Å². The van der Waals surface area contributed by atoms with Gasteiger partial charge in [0.15, 0.2) is 0 Å². The predicted molar refractivity (Wildman–Crippen MR) is 55.7 cm³/mol. The van der Waals surface area contributed by atoms with Crippen LogP contribution in [0.3, 0.4) is 0 Å². The Balaban J connectivity index is 2.51. The van der Waals surface area contributed by atoms with Crippen LogP contribution in [0.1, 0.15) is 26.2 Å². The largest absolute Gasteiger partial charge is 0.481 e. The maximum Gasteiger partial charge on any atom is 0.320 e. The molecule has 1 fully saturated rings. The number of likely N-dealkylation sites (N-methyl/N-ethyl adjacent to an activating group) is 1. The molecule has 1 rings (SSSR count). The molecule has 15 heavy (non-hydrogen) atoms. The SMILES string of the molecule is CCCCN1CC(CC(=O)O)N(C)C1=O. The second kappa shape index (κ2) is 5.00. The third-order valence-electron chi connectivity index (χ3n) is 2.74. The first-order valence-corrected chi connectivity index (χ1v) is 5.29. The monoisotopic (exact) mass is 214 g/mol. The zero-order chi connectivity index (χ0) is 11.4. The molecule has 1 heterocycles. The van der Waals surface area contributed by atoms with Crippen molar-refractivity contribution in [2.24, 2.45) is 0 Å². The number of carbonyl (C=O) groups excluding carboxylic acids is 1. The molecule has 0 saturated carbocycles. The van der Waals surface area contributed by atoms with Crippen LogP contribution in [-0.2, 0) is 4.79 Å². The van der Waals surface area contributed by atoms with Crippen LogP contribution in [0.2, 0.25) is 0 Å². The molecule has 0 aromatic carbocycles. The molecule has 0 spiro atoms. The average molecular weight is 214 g/mol. The highest BCUT2D eigenvalue weighted by Crippen LogP contribution is 2.17. The van der Waals surface area contributed by atoms with Crippen molar-refractivity contribution < 1.29 is 14.7 Å². The smallest absolute Gasteiger partial charge is 0.320 e. The molecule has 5 heteroatoms. The molecule has 1 aliphatic rings. The first-order chi connectivity index (χ1) is 7.06. The molecule has 1 aliphatic heterocycles. The zero-order valence-corrected chi connectivity index (χ0v) is 9.27. The Morgan fingerprint density at radius 1 is 1.60 bits per heavy atom. The van der Waals surface area contributed by atoms with Crippen LogP contribution in [0.4, 0.5) is 4.79 Å². The van der Waals surface area contributed by atoms with Crippen LogP contribution in [0, 0.1) is 0 Å². The quantitative estimate of drug-likeness (QED) is 0.742. The van der Waals surface area contributed by atoms with Gasteiger partial charge >= 0.3 is 12.0 Å². The summed E-state index contributed by atoms with van der Waals surface area (Å²) in [5.41, 5.74) is 0. The van der Waals surface area contributed by atoms with Crippen molar-refractivity contribution in [3.05, 3.63) is 0 Å². The fourth-order valence-corrected chi connectivity index (χ4v) is 1.77. The zero-order valence-electron chi connectivity index (χ0n) is 9.27. The lowest BCUT2D eigenvalue weighted by atomic mass is 10.2. The van der Waals surface area contributed by atoms with Crippen molar-refractivity contribution in [2.45, 2.75) is 32.2 Å². The van der Waals surface area contributed by atoms with E-state index in [-0.39, 0.29) is 18.5 Å². The van der Waals surface area contributed by atoms with E-state index in [1.165, 1.54) is 4.90 Å². The summed E-state index contributed by atoms with van der Waals surface area (Å²) >= 11 is 0. The minimum Gasteiger partial charge on any atom is -0.481 e. The van der Waals surface area contributed by atoms with Crippen LogP contribution in [-0.4, -0.2) is 53.1 Å². The first kappa shape index (κ1) is 11.8. The topological polar surface area (TPSA) is 60.9 Å². The summed E-state index contributed by atoms with van der Waals surface area (Å²) in [6, 6.07) is -0.221. The number of hydrogen-bond donors (Lipinski definition) is 1. The van der Waals surface area contributed by atoms with E-state index in [0.717, 1.165) is 19.4 Å². The minimum atomic E-state index is -0.850. The second-order valence-electron chi connectivity index (χ2n) is 3.94. The molecular formula is C10H18N2O3. The molecule has 5 nitrogen and oxygen atoms in total. The van der Waals surface area contributed by atoms with Gasteiger partial charge in [0, 0.05) is 20.1 Å². The Bertz CT molecular complexity index is 255. The van der Waals surface area contributed by atoms with Crippen LogP contribution in [0.15, 0.2) is 0 Å². The van der Waals surface area contributed by atoms with Crippen molar-refractivity contribution >= 4 is 12.0 Å². The van der Waals surface area contributed by atoms with Crippen molar-refractivity contribution in [1.82, 2.24) is 9.80 Å². The fraction of sp³-hybridized carbons (Fsp3) is 0.800. The highest BCUT2D eigenvalue weighted by molar-refractivity contribution is 5.78. The number of carboxylic acids is 1. The molecule has 1 saturated heterocycles. The Morgan fingerprint density at radius 3 is 2.80 bits per heavy atom. The van der Waals surface area contributed by atoms with Crippen molar-refractivity contribution in [1.29, 1.82) is 0 Å². The van der Waals surface area contributed by atoms with Gasteiger partial charge in [-0.15, -0.1) is 0 Å². The third kappa shape index (κ3) is 2.84. The summed E-state index contributed by atoms with van der Waals surface area (Å²) in [5, 5.41) is 8.68. The van der Waals surface area contributed by atoms with E-state index in [0.29, 0.717) is 6.54 Å². The highest BCUT2D eigenvalue weighted by Gasteiger charge is 2.34. The van der Waals surface area contributed by atoms with Gasteiger partial charge in [-0.05, 0) is 6.42 Å². The average Bonchev–Trinajstić information content (AvgIpc) is 2.42. The Labute approximate surface area is 89.7 Å². The van der Waals surface area contributed by atoms with Crippen molar-refractivity contribution in [3.63, 3.8) is 0 Å². The number of urea groups is 1. The molecule has 0 aromatic heterocycles. The minimum absolute atomic E-state index is 0.0326. The molecular weight excluding hydrogens is 196 g/mol. The predicted octanol–water partition coefficient (Wildman–Crippen LogP) is 0.997. The van der Waals surface area contributed by atoms with Crippen LogP contribution < -0.4 is 0 Å². The van der Waals surface area contributed by atoms with Crippen molar-refractivity contribution in [2.75, 3.05) is 20.1 Å². The van der Waals surface area contributed by atoms with Gasteiger partial charge in [-0.1, -0.05) is 13.3 Å². The van der Waals surface area contributed by atoms with Gasteiger partial charge in [0.1, 0.15) is 0 Å². The first-order valence-electron chi connectivity index (χ1n) is 5.29. The normalized spacial score (nSPS) is 21.2. The second-order valence-corrected chi connectivity index (χ2v) is 3.94. The number of aliphatic carboxylic acids is 1. The lowest BCUT2D eigenvalue weighted by Gasteiger charge is -2.15. The number of carboxylic acid groups (broad SMARTS) is 1. The van der Waals surface area contributed by atoms with Gasteiger partial charge in [-0.2, -0.15) is 0 Å². The van der Waals surface area contributed by atoms with Crippen molar-refractivity contribution in [3.8, 4) is 0 Å². The summed E-state index contributed by atoms with van der Waals surface area (Å²) in [7, 11) is 1.67. The molecule has 1 N–H and O–H groups in total. The number of carbonyl (C=O) groups is 2. The van der Waals surface area contributed by atoms with Gasteiger partial charge in [-0.25, -0.2) is 4.79 Å². The number of nitrogens with zero attached hydrogens (tertiary/aromatic N) is 2. The standard InChI is InChI=1S/C10H18N2O3/c1-3-4-5-12-7-8(6-9(13)14)11(2)10(12)15/h8H,3-7H2,1-2H3,(H,13,14). The van der Waals surface area contributed by atoms with Gasteiger partial charge in [0.2, 0.25) is 0 Å². The molecule has 0 bridgehead atoms. The van der Waals surface area contributed by atoms with E-state index in [4.69, 9.17) is 5.11 Å². The Hall–Kier alpha value is -1.26. The summed E-state index contributed by atoms with van der Waals surface area (Å²) < 4.78 is 0. The molecule has 86 valence electrons. The Kier molecular flexibility index (Phi) is 3.94. The van der Waals surface area contributed by atoms with E-state index >= 15 is 0 Å². The van der Waals surface area contributed by atoms with Gasteiger partial charge in [0.05, 0.1) is 12.5 Å². The molecule has 1 unspecified atom stereocenters. The highest BCUT2D eigenvalue weighted by atomic mass is 16.4. The van der Waals surface area contributed by atoms with Crippen LogP contribution in [0.5, 0.6) is 0 Å². The van der Waals surface area contributed by atoms with Crippen LogP contribution >= 0.6 is 0 Å². The third-order valence-corrected chi connectivity index (χ3v) is 2.74. The molecule has 1 atom stereocenters. The van der Waals surface area contributed by atoms with Crippen LogP contribution in [0.25, 0.3) is 0 Å². The summed E-state index contributed by atoms with van der Waals surface area (Å²) in [4.78, 5) is 25.5. The summed E-state index contributed by atoms with van der Waals surface area (Å²) in [6.07, 6.45) is 2.04. The van der Waals surface area contributed by atoms with Gasteiger partial charge in [-0.3, -0.25) is 4.79 Å². The maximum atomic E-state index is 11.7. The molecule has 0 radical (unpaired) electrons. The fourth-order valence-electron chi connectivity index (χ4n) is 1.77. The molecule has 2 amide bonds. The number of unbranched alkanes of at least 4 members (excludes halogenated alkanes) is 1. The number of hydrogen-bond acceptors (Lipinski definition) is 2. The molecule has 0 aromatic rings. The maximum absolute atomic E-state index is 11.7. The Morgan fingerprint density at radius 2 is 2.27 bits per heavy atom. The van der Waals surface area contributed by atoms with Gasteiger partial charge in [0.25, 0.3) is 0 Å². The van der Waals surface area contributed by atoms with E-state index in [1.807, 2.05) is 0 Å². The van der Waals surface area contributed by atoms with Gasteiger partial charge < -0.3 is 14.9 Å². The lowest BCUT2D eigenvalue weighted by Crippen LogP contribution is -2.32. The van der Waals surface area contributed by atoms with E-state index in [1.54, 1.807) is 11.9 Å². The summed E-state index contributed by atoms with van der Waals surface area (Å²) in [6.45, 7) is 3.34. The van der Waals surface area contributed by atoms with E-state index in [9.17, 15) is 9.59 Å².